The maximum atomic E-state index is 12.2. The van der Waals surface area contributed by atoms with E-state index in [4.69, 9.17) is 16.3 Å². The molecule has 1 fully saturated rings. The second-order valence-electron chi connectivity index (χ2n) is 5.37. The molecule has 0 spiro atoms. The molecule has 3 rings (SSSR count). The monoisotopic (exact) mass is 386 g/mol. The van der Waals surface area contributed by atoms with Gasteiger partial charge >= 0.3 is 6.09 Å². The number of carbonyl (C=O) groups excluding carboxylic acids is 1. The van der Waals surface area contributed by atoms with Gasteiger partial charge < -0.3 is 4.74 Å². The standard InChI is InChI=1S/C15H15ClN2O4S2/c1-10-3-2-4-11(7-10)18-9-12(22-15(18)19)8-17-24(20,21)14-6-5-13(16)23-14/h2-7,12,17H,8-9H2,1H3. The number of carbonyl (C=O) groups is 1. The predicted octanol–water partition coefficient (Wildman–Crippen LogP) is 3.01. The fraction of sp³-hybridized carbons (Fsp3) is 0.267. The van der Waals surface area contributed by atoms with Crippen molar-refractivity contribution in [1.82, 2.24) is 4.72 Å². The molecule has 1 amide bonds. The Hall–Kier alpha value is -1.61. The van der Waals surface area contributed by atoms with Crippen LogP contribution in [0.2, 0.25) is 4.34 Å². The van der Waals surface area contributed by atoms with Gasteiger partial charge in [-0.05, 0) is 36.8 Å². The zero-order chi connectivity index (χ0) is 17.3. The number of nitrogens with one attached hydrogen (secondary N) is 1. The summed E-state index contributed by atoms with van der Waals surface area (Å²) in [6, 6.07) is 10.4. The van der Waals surface area contributed by atoms with Crippen molar-refractivity contribution >= 4 is 44.7 Å². The molecule has 128 valence electrons. The Labute approximate surface area is 149 Å². The first kappa shape index (κ1) is 17.2. The van der Waals surface area contributed by atoms with Crippen molar-refractivity contribution in [2.45, 2.75) is 17.2 Å². The van der Waals surface area contributed by atoms with E-state index in [1.807, 2.05) is 31.2 Å². The molecule has 1 saturated heterocycles. The Morgan fingerprint density at radius 1 is 1.38 bits per heavy atom. The minimum absolute atomic E-state index is 0.00586. The van der Waals surface area contributed by atoms with E-state index in [-0.39, 0.29) is 17.3 Å². The van der Waals surface area contributed by atoms with Crippen LogP contribution < -0.4 is 9.62 Å². The topological polar surface area (TPSA) is 75.7 Å². The van der Waals surface area contributed by atoms with Crippen molar-refractivity contribution in [3.8, 4) is 0 Å². The second-order valence-corrected chi connectivity index (χ2v) is 9.07. The number of amides is 1. The normalized spacial score (nSPS) is 18.0. The molecule has 0 radical (unpaired) electrons. The number of thiophene rings is 1. The van der Waals surface area contributed by atoms with Gasteiger partial charge in [-0.1, -0.05) is 23.7 Å². The maximum absolute atomic E-state index is 12.2. The average Bonchev–Trinajstić information content (AvgIpc) is 3.12. The third kappa shape index (κ3) is 3.72. The van der Waals surface area contributed by atoms with Crippen LogP contribution in [-0.4, -0.2) is 33.7 Å². The summed E-state index contributed by atoms with van der Waals surface area (Å²) in [4.78, 5) is 13.5. The number of sulfonamides is 1. The van der Waals surface area contributed by atoms with Gasteiger partial charge in [-0.2, -0.15) is 0 Å². The lowest BCUT2D eigenvalue weighted by atomic mass is 10.2. The Kier molecular flexibility index (Phi) is 4.82. The summed E-state index contributed by atoms with van der Waals surface area (Å²) >= 11 is 6.74. The molecule has 0 saturated carbocycles. The van der Waals surface area contributed by atoms with Gasteiger partial charge in [0.2, 0.25) is 10.0 Å². The molecule has 1 N–H and O–H groups in total. The summed E-state index contributed by atoms with van der Waals surface area (Å²) in [6.45, 7) is 2.23. The predicted molar refractivity (Wildman–Crippen MR) is 93.3 cm³/mol. The smallest absolute Gasteiger partial charge is 0.414 e. The van der Waals surface area contributed by atoms with Gasteiger partial charge in [-0.3, -0.25) is 4.90 Å². The highest BCUT2D eigenvalue weighted by molar-refractivity contribution is 7.91. The van der Waals surface area contributed by atoms with Crippen LogP contribution in [-0.2, 0) is 14.8 Å². The van der Waals surface area contributed by atoms with Crippen LogP contribution in [0.4, 0.5) is 10.5 Å². The van der Waals surface area contributed by atoms with E-state index in [9.17, 15) is 13.2 Å². The summed E-state index contributed by atoms with van der Waals surface area (Å²) in [6.07, 6.45) is -1.04. The van der Waals surface area contributed by atoms with Crippen LogP contribution in [0.15, 0.2) is 40.6 Å². The number of rotatable bonds is 5. The number of aryl methyl sites for hydroxylation is 1. The summed E-state index contributed by atoms with van der Waals surface area (Å²) in [5, 5.41) is 0. The lowest BCUT2D eigenvalue weighted by molar-refractivity contribution is 0.143. The number of cyclic esters (lactones) is 1. The first-order valence-electron chi connectivity index (χ1n) is 7.15. The number of anilines is 1. The summed E-state index contributed by atoms with van der Waals surface area (Å²) in [5.74, 6) is 0. The summed E-state index contributed by atoms with van der Waals surface area (Å²) < 4.78 is 32.6. The van der Waals surface area contributed by atoms with E-state index in [0.29, 0.717) is 4.34 Å². The van der Waals surface area contributed by atoms with Crippen LogP contribution in [0.1, 0.15) is 5.56 Å². The fourth-order valence-electron chi connectivity index (χ4n) is 2.35. The van der Waals surface area contributed by atoms with Crippen LogP contribution in [0.3, 0.4) is 0 Å². The molecule has 2 aromatic rings. The Balaban J connectivity index is 1.64. The maximum Gasteiger partial charge on any atom is 0.414 e. The van der Waals surface area contributed by atoms with Crippen LogP contribution in [0.5, 0.6) is 0 Å². The number of hydrogen-bond donors (Lipinski definition) is 1. The molecule has 1 atom stereocenters. The molecule has 1 aromatic heterocycles. The molecule has 1 aromatic carbocycles. The summed E-state index contributed by atoms with van der Waals surface area (Å²) in [5.41, 5.74) is 1.76. The molecule has 1 aliphatic rings. The lowest BCUT2D eigenvalue weighted by Gasteiger charge is -2.13. The molecule has 0 bridgehead atoms. The number of halogens is 1. The van der Waals surface area contributed by atoms with E-state index in [1.165, 1.54) is 17.0 Å². The lowest BCUT2D eigenvalue weighted by Crippen LogP contribution is -2.34. The highest BCUT2D eigenvalue weighted by Gasteiger charge is 2.33. The zero-order valence-corrected chi connectivity index (χ0v) is 15.1. The van der Waals surface area contributed by atoms with E-state index < -0.39 is 22.2 Å². The van der Waals surface area contributed by atoms with E-state index in [1.54, 1.807) is 0 Å². The quantitative estimate of drug-likeness (QED) is 0.857. The van der Waals surface area contributed by atoms with E-state index >= 15 is 0 Å². The molecule has 24 heavy (non-hydrogen) atoms. The number of benzene rings is 1. The Morgan fingerprint density at radius 3 is 2.83 bits per heavy atom. The fourth-order valence-corrected chi connectivity index (χ4v) is 4.94. The first-order chi connectivity index (χ1) is 11.3. The Morgan fingerprint density at radius 2 is 2.17 bits per heavy atom. The van der Waals surface area contributed by atoms with Crippen molar-refractivity contribution in [3.63, 3.8) is 0 Å². The number of hydrogen-bond acceptors (Lipinski definition) is 5. The third-order valence-electron chi connectivity index (χ3n) is 3.50. The van der Waals surface area contributed by atoms with Crippen molar-refractivity contribution in [1.29, 1.82) is 0 Å². The second kappa shape index (κ2) is 6.72. The van der Waals surface area contributed by atoms with Crippen molar-refractivity contribution < 1.29 is 17.9 Å². The van der Waals surface area contributed by atoms with E-state index in [2.05, 4.69) is 4.72 Å². The molecule has 2 heterocycles. The molecule has 9 heteroatoms. The Bertz CT molecular complexity index is 866. The minimum atomic E-state index is -3.66. The van der Waals surface area contributed by atoms with Gasteiger partial charge in [-0.25, -0.2) is 17.9 Å². The van der Waals surface area contributed by atoms with Crippen molar-refractivity contribution in [2.75, 3.05) is 18.0 Å². The molecular formula is C15H15ClN2O4S2. The van der Waals surface area contributed by atoms with Crippen LogP contribution in [0.25, 0.3) is 0 Å². The third-order valence-corrected chi connectivity index (χ3v) is 6.65. The zero-order valence-electron chi connectivity index (χ0n) is 12.7. The minimum Gasteiger partial charge on any atom is -0.443 e. The van der Waals surface area contributed by atoms with E-state index in [0.717, 1.165) is 22.6 Å². The first-order valence-corrected chi connectivity index (χ1v) is 9.83. The summed E-state index contributed by atoms with van der Waals surface area (Å²) in [7, 11) is -3.66. The highest BCUT2D eigenvalue weighted by atomic mass is 35.5. The SMILES string of the molecule is Cc1cccc(N2CC(CNS(=O)(=O)c3ccc(Cl)s3)OC2=O)c1. The van der Waals surface area contributed by atoms with Gasteiger partial charge in [0.05, 0.1) is 10.9 Å². The van der Waals surface area contributed by atoms with Crippen molar-refractivity contribution in [3.05, 3.63) is 46.3 Å². The molecule has 0 aliphatic carbocycles. The molecule has 6 nitrogen and oxygen atoms in total. The molecular weight excluding hydrogens is 372 g/mol. The van der Waals surface area contributed by atoms with Crippen molar-refractivity contribution in [2.24, 2.45) is 0 Å². The van der Waals surface area contributed by atoms with Crippen LogP contribution >= 0.6 is 22.9 Å². The van der Waals surface area contributed by atoms with Gasteiger partial charge in [0, 0.05) is 12.2 Å². The molecule has 1 unspecified atom stereocenters. The highest BCUT2D eigenvalue weighted by Crippen LogP contribution is 2.26. The van der Waals surface area contributed by atoms with Crippen LogP contribution in [0, 0.1) is 6.92 Å². The van der Waals surface area contributed by atoms with Gasteiger partial charge in [0.1, 0.15) is 10.3 Å². The molecule has 1 aliphatic heterocycles. The van der Waals surface area contributed by atoms with Gasteiger partial charge in [0.25, 0.3) is 0 Å². The average molecular weight is 387 g/mol. The van der Waals surface area contributed by atoms with Gasteiger partial charge in [0.15, 0.2) is 0 Å². The number of ether oxygens (including phenoxy) is 1. The van der Waals surface area contributed by atoms with Gasteiger partial charge in [-0.15, -0.1) is 11.3 Å². The largest absolute Gasteiger partial charge is 0.443 e. The number of nitrogens with zero attached hydrogens (tertiary/aromatic N) is 1.